The fourth-order valence-corrected chi connectivity index (χ4v) is 2.50. The highest BCUT2D eigenvalue weighted by atomic mass is 16.3. The van der Waals surface area contributed by atoms with Crippen LogP contribution in [0.4, 0.5) is 0 Å². The molecule has 3 N–H and O–H groups in total. The first kappa shape index (κ1) is 16.5. The molecule has 3 aromatic rings. The van der Waals surface area contributed by atoms with Crippen molar-refractivity contribution < 1.29 is 9.90 Å². The number of carbonyl (C=O) groups excluding carboxylic acids is 1. The van der Waals surface area contributed by atoms with Crippen molar-refractivity contribution in [1.82, 2.24) is 10.3 Å². The van der Waals surface area contributed by atoms with E-state index in [1.165, 1.54) is 12.3 Å². The zero-order chi connectivity index (χ0) is 17.8. The number of nitrogens with one attached hydrogen (secondary N) is 2. The summed E-state index contributed by atoms with van der Waals surface area (Å²) in [5, 5.41) is 12.1. The lowest BCUT2D eigenvalue weighted by Gasteiger charge is -2.07. The lowest BCUT2D eigenvalue weighted by molar-refractivity contribution is 0.0949. The summed E-state index contributed by atoms with van der Waals surface area (Å²) in [5.74, 6) is -0.168. The molecule has 0 saturated carbocycles. The molecular formula is C20H18N2O3. The number of phenolic OH excluding ortho intramolecular Hbond substituents is 1. The number of aromatic amines is 1. The van der Waals surface area contributed by atoms with Gasteiger partial charge in [0.15, 0.2) is 5.43 Å². The van der Waals surface area contributed by atoms with E-state index in [0.717, 1.165) is 16.7 Å². The van der Waals surface area contributed by atoms with E-state index in [2.05, 4.69) is 10.3 Å². The first-order valence-corrected chi connectivity index (χ1v) is 7.89. The summed E-state index contributed by atoms with van der Waals surface area (Å²) in [4.78, 5) is 26.8. The number of benzene rings is 2. The smallest absolute Gasteiger partial charge is 0.257 e. The van der Waals surface area contributed by atoms with Crippen LogP contribution in [-0.2, 0) is 6.54 Å². The van der Waals surface area contributed by atoms with E-state index in [1.54, 1.807) is 19.1 Å². The Balaban J connectivity index is 1.66. The van der Waals surface area contributed by atoms with Crippen molar-refractivity contribution in [3.8, 4) is 16.9 Å². The number of pyridine rings is 1. The lowest BCUT2D eigenvalue weighted by Crippen LogP contribution is -2.28. The van der Waals surface area contributed by atoms with Crippen LogP contribution in [0.3, 0.4) is 0 Å². The van der Waals surface area contributed by atoms with Crippen LogP contribution in [-0.4, -0.2) is 16.0 Å². The van der Waals surface area contributed by atoms with E-state index >= 15 is 0 Å². The van der Waals surface area contributed by atoms with E-state index < -0.39 is 5.91 Å². The Hall–Kier alpha value is -3.34. The van der Waals surface area contributed by atoms with Crippen LogP contribution in [0.1, 0.15) is 21.6 Å². The van der Waals surface area contributed by atoms with Gasteiger partial charge in [-0.05, 0) is 35.7 Å². The molecule has 0 fully saturated rings. The SMILES string of the molecule is Cc1cc(=O)c(C(=O)NCc2ccc(-c3ccc(O)cc3)cc2)c[nH]1. The van der Waals surface area contributed by atoms with Crippen LogP contribution in [0.5, 0.6) is 5.75 Å². The predicted octanol–water partition coefficient (Wildman–Crippen LogP) is 2.99. The minimum Gasteiger partial charge on any atom is -0.508 e. The number of carbonyl (C=O) groups is 1. The molecule has 0 radical (unpaired) electrons. The Morgan fingerprint density at radius 2 is 1.64 bits per heavy atom. The van der Waals surface area contributed by atoms with Gasteiger partial charge in [-0.15, -0.1) is 0 Å². The molecule has 2 aromatic carbocycles. The van der Waals surface area contributed by atoms with E-state index in [-0.39, 0.29) is 16.7 Å². The number of rotatable bonds is 4. The van der Waals surface area contributed by atoms with Crippen LogP contribution in [0.25, 0.3) is 11.1 Å². The van der Waals surface area contributed by atoms with Gasteiger partial charge in [-0.3, -0.25) is 9.59 Å². The maximum atomic E-state index is 12.1. The largest absolute Gasteiger partial charge is 0.508 e. The molecule has 25 heavy (non-hydrogen) atoms. The van der Waals surface area contributed by atoms with Crippen LogP contribution < -0.4 is 10.7 Å². The van der Waals surface area contributed by atoms with Gasteiger partial charge in [0.05, 0.1) is 0 Å². The average Bonchev–Trinajstić information content (AvgIpc) is 2.61. The summed E-state index contributed by atoms with van der Waals surface area (Å²) in [6, 6.07) is 16.1. The van der Waals surface area contributed by atoms with Gasteiger partial charge >= 0.3 is 0 Å². The summed E-state index contributed by atoms with van der Waals surface area (Å²) >= 11 is 0. The second-order valence-corrected chi connectivity index (χ2v) is 5.82. The Morgan fingerprint density at radius 3 is 2.24 bits per heavy atom. The monoisotopic (exact) mass is 334 g/mol. The van der Waals surface area contributed by atoms with Gasteiger partial charge in [0.2, 0.25) is 0 Å². The van der Waals surface area contributed by atoms with E-state index in [0.29, 0.717) is 12.2 Å². The summed E-state index contributed by atoms with van der Waals surface area (Å²) in [5.41, 5.74) is 3.47. The minimum absolute atomic E-state index is 0.103. The van der Waals surface area contributed by atoms with Gasteiger partial charge in [-0.2, -0.15) is 0 Å². The number of hydrogen-bond donors (Lipinski definition) is 3. The maximum Gasteiger partial charge on any atom is 0.257 e. The van der Waals surface area contributed by atoms with E-state index in [4.69, 9.17) is 0 Å². The number of amides is 1. The van der Waals surface area contributed by atoms with Crippen LogP contribution in [0, 0.1) is 6.92 Å². The van der Waals surface area contributed by atoms with Crippen molar-refractivity contribution in [1.29, 1.82) is 0 Å². The Labute approximate surface area is 145 Å². The molecule has 0 aliphatic rings. The Kier molecular flexibility index (Phi) is 4.66. The van der Waals surface area contributed by atoms with Gasteiger partial charge in [0.1, 0.15) is 11.3 Å². The number of aromatic nitrogens is 1. The molecule has 0 aliphatic carbocycles. The Bertz CT molecular complexity index is 942. The molecule has 3 rings (SSSR count). The summed E-state index contributed by atoms with van der Waals surface area (Å²) in [7, 11) is 0. The number of hydrogen-bond acceptors (Lipinski definition) is 3. The number of aromatic hydroxyl groups is 1. The fraction of sp³-hybridized carbons (Fsp3) is 0.100. The molecule has 1 amide bonds. The van der Waals surface area contributed by atoms with Crippen molar-refractivity contribution in [3.63, 3.8) is 0 Å². The zero-order valence-corrected chi connectivity index (χ0v) is 13.7. The summed E-state index contributed by atoms with van der Waals surface area (Å²) in [6.07, 6.45) is 1.43. The summed E-state index contributed by atoms with van der Waals surface area (Å²) < 4.78 is 0. The van der Waals surface area contributed by atoms with Gasteiger partial charge in [-0.25, -0.2) is 0 Å². The highest BCUT2D eigenvalue weighted by molar-refractivity contribution is 5.93. The summed E-state index contributed by atoms with van der Waals surface area (Å²) in [6.45, 7) is 2.10. The van der Waals surface area contributed by atoms with Crippen molar-refractivity contribution in [2.24, 2.45) is 0 Å². The van der Waals surface area contributed by atoms with Crippen LogP contribution in [0.15, 0.2) is 65.6 Å². The molecule has 5 nitrogen and oxygen atoms in total. The molecule has 0 aliphatic heterocycles. The molecule has 1 heterocycles. The van der Waals surface area contributed by atoms with Crippen LogP contribution in [0.2, 0.25) is 0 Å². The first-order valence-electron chi connectivity index (χ1n) is 7.89. The normalized spacial score (nSPS) is 10.4. The first-order chi connectivity index (χ1) is 12.0. The molecule has 0 spiro atoms. The molecule has 0 saturated heterocycles. The standard InChI is InChI=1S/C20H18N2O3/c1-13-10-19(24)18(12-21-13)20(25)22-11-14-2-4-15(5-3-14)16-6-8-17(23)9-7-16/h2-10,12,23H,11H2,1H3,(H,21,24)(H,22,25). The molecule has 1 aromatic heterocycles. The minimum atomic E-state index is -0.399. The number of H-pyrrole nitrogens is 1. The maximum absolute atomic E-state index is 12.1. The zero-order valence-electron chi connectivity index (χ0n) is 13.7. The number of aryl methyl sites for hydroxylation is 1. The third-order valence-electron chi connectivity index (χ3n) is 3.91. The van der Waals surface area contributed by atoms with E-state index in [9.17, 15) is 14.7 Å². The highest BCUT2D eigenvalue weighted by Gasteiger charge is 2.09. The van der Waals surface area contributed by atoms with E-state index in [1.807, 2.05) is 36.4 Å². The van der Waals surface area contributed by atoms with Gasteiger partial charge in [0.25, 0.3) is 5.91 Å². The number of phenols is 1. The van der Waals surface area contributed by atoms with Gasteiger partial charge < -0.3 is 15.4 Å². The van der Waals surface area contributed by atoms with Gasteiger partial charge in [-0.1, -0.05) is 36.4 Å². The fourth-order valence-electron chi connectivity index (χ4n) is 2.50. The second-order valence-electron chi connectivity index (χ2n) is 5.82. The predicted molar refractivity (Wildman–Crippen MR) is 96.5 cm³/mol. The molecule has 126 valence electrons. The van der Waals surface area contributed by atoms with Crippen LogP contribution >= 0.6 is 0 Å². The molecule has 0 atom stereocenters. The van der Waals surface area contributed by atoms with Crippen molar-refractivity contribution in [2.75, 3.05) is 0 Å². The second kappa shape index (κ2) is 7.05. The third kappa shape index (κ3) is 3.95. The van der Waals surface area contributed by atoms with Crippen molar-refractivity contribution in [2.45, 2.75) is 13.5 Å². The molecule has 0 bridgehead atoms. The third-order valence-corrected chi connectivity index (χ3v) is 3.91. The van der Waals surface area contributed by atoms with Crippen molar-refractivity contribution in [3.05, 3.63) is 87.8 Å². The topological polar surface area (TPSA) is 82.2 Å². The average molecular weight is 334 g/mol. The highest BCUT2D eigenvalue weighted by Crippen LogP contribution is 2.22. The molecule has 5 heteroatoms. The molecule has 0 unspecified atom stereocenters. The quantitative estimate of drug-likeness (QED) is 0.686. The van der Waals surface area contributed by atoms with Gasteiger partial charge in [0, 0.05) is 24.5 Å². The Morgan fingerprint density at radius 1 is 1.04 bits per heavy atom. The molecular weight excluding hydrogens is 316 g/mol. The van der Waals surface area contributed by atoms with Crippen molar-refractivity contribution >= 4 is 5.91 Å². The lowest BCUT2D eigenvalue weighted by atomic mass is 10.0.